The minimum atomic E-state index is 0.388. The van der Waals surface area contributed by atoms with Gasteiger partial charge in [0.15, 0.2) is 0 Å². The first-order chi connectivity index (χ1) is 5.36. The first kappa shape index (κ1) is 7.55. The van der Waals surface area contributed by atoms with E-state index in [1.165, 1.54) is 0 Å². The summed E-state index contributed by atoms with van der Waals surface area (Å²) in [6, 6.07) is 3.57. The molecule has 0 aliphatic rings. The molecule has 0 saturated carbocycles. The normalized spacial score (nSPS) is 8.73. The van der Waals surface area contributed by atoms with Crippen molar-refractivity contribution in [3.63, 3.8) is 0 Å². The predicted octanol–water partition coefficient (Wildman–Crippen LogP) is 1.51. The standard InChI is InChI=1S/C8H8N2O/c1-9-6-7-3-4-10-8(5-7)11-2/h3-5H,6H2,2H3. The van der Waals surface area contributed by atoms with Gasteiger partial charge >= 0.3 is 0 Å². The lowest BCUT2D eigenvalue weighted by atomic mass is 10.3. The molecular weight excluding hydrogens is 140 g/mol. The molecule has 0 unspecified atom stereocenters. The number of pyridine rings is 1. The fourth-order valence-electron chi connectivity index (χ4n) is 0.752. The highest BCUT2D eigenvalue weighted by atomic mass is 16.5. The number of rotatable bonds is 2. The molecule has 0 bridgehead atoms. The van der Waals surface area contributed by atoms with Crippen LogP contribution in [-0.4, -0.2) is 12.1 Å². The molecule has 11 heavy (non-hydrogen) atoms. The lowest BCUT2D eigenvalue weighted by Gasteiger charge is -1.96. The third kappa shape index (κ3) is 1.94. The number of aromatic nitrogens is 1. The van der Waals surface area contributed by atoms with Gasteiger partial charge in [0.1, 0.15) is 0 Å². The molecule has 0 spiro atoms. The van der Waals surface area contributed by atoms with Crippen LogP contribution in [-0.2, 0) is 6.54 Å². The van der Waals surface area contributed by atoms with Crippen molar-refractivity contribution in [3.05, 3.63) is 35.3 Å². The highest BCUT2D eigenvalue weighted by Crippen LogP contribution is 2.08. The van der Waals surface area contributed by atoms with Gasteiger partial charge in [0, 0.05) is 17.8 Å². The predicted molar refractivity (Wildman–Crippen MR) is 41.1 cm³/mol. The zero-order chi connectivity index (χ0) is 8.10. The van der Waals surface area contributed by atoms with Crippen molar-refractivity contribution >= 4 is 0 Å². The van der Waals surface area contributed by atoms with Gasteiger partial charge in [-0.15, -0.1) is 0 Å². The van der Waals surface area contributed by atoms with E-state index in [0.29, 0.717) is 12.4 Å². The van der Waals surface area contributed by atoms with E-state index in [1.54, 1.807) is 25.4 Å². The molecule has 0 amide bonds. The van der Waals surface area contributed by atoms with Gasteiger partial charge in [0.05, 0.1) is 7.11 Å². The highest BCUT2D eigenvalue weighted by Gasteiger charge is 1.96. The van der Waals surface area contributed by atoms with Crippen LogP contribution in [0.3, 0.4) is 0 Å². The summed E-state index contributed by atoms with van der Waals surface area (Å²) in [6.45, 7) is 7.02. The van der Waals surface area contributed by atoms with Crippen LogP contribution < -0.4 is 4.74 Å². The molecular formula is C8H8N2O. The Morgan fingerprint density at radius 3 is 3.18 bits per heavy atom. The van der Waals surface area contributed by atoms with Crippen molar-refractivity contribution in [1.82, 2.24) is 4.98 Å². The van der Waals surface area contributed by atoms with Gasteiger partial charge in [-0.25, -0.2) is 11.6 Å². The lowest BCUT2D eigenvalue weighted by Crippen LogP contribution is -1.88. The van der Waals surface area contributed by atoms with Crippen LogP contribution >= 0.6 is 0 Å². The monoisotopic (exact) mass is 148 g/mol. The lowest BCUT2D eigenvalue weighted by molar-refractivity contribution is 0.397. The third-order valence-corrected chi connectivity index (χ3v) is 1.27. The molecule has 1 heterocycles. The highest BCUT2D eigenvalue weighted by molar-refractivity contribution is 5.21. The van der Waals surface area contributed by atoms with Crippen molar-refractivity contribution in [2.75, 3.05) is 7.11 Å². The Kier molecular flexibility index (Phi) is 2.45. The van der Waals surface area contributed by atoms with Gasteiger partial charge in [-0.1, -0.05) is 0 Å². The van der Waals surface area contributed by atoms with Crippen LogP contribution in [0.25, 0.3) is 4.85 Å². The van der Waals surface area contributed by atoms with Crippen molar-refractivity contribution in [3.8, 4) is 5.88 Å². The first-order valence-electron chi connectivity index (χ1n) is 3.19. The van der Waals surface area contributed by atoms with Crippen LogP contribution in [0.15, 0.2) is 18.3 Å². The summed E-state index contributed by atoms with van der Waals surface area (Å²) in [5.41, 5.74) is 0.937. The van der Waals surface area contributed by atoms with Crippen LogP contribution in [0, 0.1) is 6.57 Å². The summed E-state index contributed by atoms with van der Waals surface area (Å²) in [5, 5.41) is 0. The van der Waals surface area contributed by atoms with E-state index in [9.17, 15) is 0 Å². The summed E-state index contributed by atoms with van der Waals surface area (Å²) in [5.74, 6) is 0.561. The van der Waals surface area contributed by atoms with Gasteiger partial charge in [-0.2, -0.15) is 0 Å². The SMILES string of the molecule is [C-]#[N+]Cc1ccnc(OC)c1. The number of hydrogen-bond donors (Lipinski definition) is 0. The van der Waals surface area contributed by atoms with E-state index < -0.39 is 0 Å². The van der Waals surface area contributed by atoms with E-state index in [2.05, 4.69) is 9.83 Å². The molecule has 0 atom stereocenters. The molecule has 1 aromatic heterocycles. The molecule has 0 aliphatic heterocycles. The maximum absolute atomic E-state index is 6.63. The second-order valence-corrected chi connectivity index (χ2v) is 2.02. The van der Waals surface area contributed by atoms with Crippen LogP contribution in [0.1, 0.15) is 5.56 Å². The Balaban J connectivity index is 2.84. The van der Waals surface area contributed by atoms with Crippen LogP contribution in [0.2, 0.25) is 0 Å². The van der Waals surface area contributed by atoms with Gasteiger partial charge in [-0.05, 0) is 6.07 Å². The Labute approximate surface area is 65.5 Å². The first-order valence-corrected chi connectivity index (χ1v) is 3.19. The summed E-state index contributed by atoms with van der Waals surface area (Å²) in [7, 11) is 1.56. The Morgan fingerprint density at radius 1 is 1.73 bits per heavy atom. The van der Waals surface area contributed by atoms with Gasteiger partial charge < -0.3 is 9.58 Å². The van der Waals surface area contributed by atoms with E-state index >= 15 is 0 Å². The van der Waals surface area contributed by atoms with Crippen molar-refractivity contribution in [2.24, 2.45) is 0 Å². The second kappa shape index (κ2) is 3.57. The number of methoxy groups -OCH3 is 1. The summed E-state index contributed by atoms with van der Waals surface area (Å²) >= 11 is 0. The summed E-state index contributed by atoms with van der Waals surface area (Å²) in [4.78, 5) is 7.16. The smallest absolute Gasteiger partial charge is 0.240 e. The minimum Gasteiger partial charge on any atom is -0.481 e. The second-order valence-electron chi connectivity index (χ2n) is 2.02. The molecule has 3 heteroatoms. The maximum atomic E-state index is 6.63. The average Bonchev–Trinajstić information content (AvgIpc) is 2.06. The topological polar surface area (TPSA) is 26.5 Å². The molecule has 1 rings (SSSR count). The zero-order valence-corrected chi connectivity index (χ0v) is 6.24. The largest absolute Gasteiger partial charge is 0.481 e. The molecule has 0 fully saturated rings. The molecule has 0 aromatic carbocycles. The molecule has 3 nitrogen and oxygen atoms in total. The van der Waals surface area contributed by atoms with Crippen molar-refractivity contribution in [1.29, 1.82) is 0 Å². The van der Waals surface area contributed by atoms with Crippen LogP contribution in [0.5, 0.6) is 5.88 Å². The number of nitrogens with zero attached hydrogens (tertiary/aromatic N) is 2. The number of ether oxygens (including phenoxy) is 1. The van der Waals surface area contributed by atoms with E-state index in [1.807, 2.05) is 0 Å². The Morgan fingerprint density at radius 2 is 2.55 bits per heavy atom. The molecule has 56 valence electrons. The summed E-state index contributed by atoms with van der Waals surface area (Å²) in [6.07, 6.45) is 1.64. The molecule has 0 aliphatic carbocycles. The molecule has 0 saturated heterocycles. The molecule has 0 N–H and O–H groups in total. The van der Waals surface area contributed by atoms with E-state index in [0.717, 1.165) is 5.56 Å². The van der Waals surface area contributed by atoms with Gasteiger partial charge in [-0.3, -0.25) is 0 Å². The average molecular weight is 148 g/mol. The van der Waals surface area contributed by atoms with Crippen molar-refractivity contribution in [2.45, 2.75) is 6.54 Å². The quantitative estimate of drug-likeness (QED) is 0.594. The minimum absolute atomic E-state index is 0.388. The molecule has 1 aromatic rings. The fourth-order valence-corrected chi connectivity index (χ4v) is 0.752. The Bertz CT molecular complexity index is 278. The van der Waals surface area contributed by atoms with E-state index in [4.69, 9.17) is 11.3 Å². The number of hydrogen-bond acceptors (Lipinski definition) is 2. The Hall–Kier alpha value is -1.56. The van der Waals surface area contributed by atoms with Gasteiger partial charge in [0.2, 0.25) is 12.4 Å². The zero-order valence-electron chi connectivity index (χ0n) is 6.24. The summed E-state index contributed by atoms with van der Waals surface area (Å²) < 4.78 is 4.89. The molecule has 0 radical (unpaired) electrons. The van der Waals surface area contributed by atoms with Crippen molar-refractivity contribution < 1.29 is 4.74 Å². The van der Waals surface area contributed by atoms with Gasteiger partial charge in [0.25, 0.3) is 0 Å². The van der Waals surface area contributed by atoms with Crippen LogP contribution in [0.4, 0.5) is 0 Å². The fraction of sp³-hybridized carbons (Fsp3) is 0.250. The maximum Gasteiger partial charge on any atom is 0.240 e. The van der Waals surface area contributed by atoms with E-state index in [-0.39, 0.29) is 0 Å². The third-order valence-electron chi connectivity index (χ3n) is 1.27.